The van der Waals surface area contributed by atoms with Crippen LogP contribution < -0.4 is 10.1 Å². The third kappa shape index (κ3) is 4.79. The maximum atomic E-state index is 5.85. The van der Waals surface area contributed by atoms with Crippen molar-refractivity contribution in [3.05, 3.63) is 28.2 Å². The molecule has 3 nitrogen and oxygen atoms in total. The first-order valence-electron chi connectivity index (χ1n) is 7.14. The van der Waals surface area contributed by atoms with Crippen molar-refractivity contribution in [2.45, 2.75) is 26.3 Å². The van der Waals surface area contributed by atoms with E-state index < -0.39 is 0 Å². The van der Waals surface area contributed by atoms with Crippen LogP contribution in [0.15, 0.2) is 22.7 Å². The summed E-state index contributed by atoms with van der Waals surface area (Å²) in [5, 5.41) is 3.34. The van der Waals surface area contributed by atoms with Gasteiger partial charge in [0.1, 0.15) is 12.4 Å². The number of halogens is 1. The van der Waals surface area contributed by atoms with Gasteiger partial charge in [-0.2, -0.15) is 0 Å². The summed E-state index contributed by atoms with van der Waals surface area (Å²) >= 11 is 3.58. The van der Waals surface area contributed by atoms with Crippen LogP contribution in [0.1, 0.15) is 25.3 Å². The second-order valence-electron chi connectivity index (χ2n) is 4.93. The SMILES string of the molecule is CCNCc1cc(OCCN2CCCC2)ccc1Br. The summed E-state index contributed by atoms with van der Waals surface area (Å²) in [5.74, 6) is 0.968. The molecule has 1 fully saturated rings. The molecule has 19 heavy (non-hydrogen) atoms. The molecule has 1 aliphatic heterocycles. The number of likely N-dealkylation sites (tertiary alicyclic amines) is 1. The molecule has 2 rings (SSSR count). The number of hydrogen-bond donors (Lipinski definition) is 1. The van der Waals surface area contributed by atoms with Crippen molar-refractivity contribution in [2.24, 2.45) is 0 Å². The smallest absolute Gasteiger partial charge is 0.119 e. The highest BCUT2D eigenvalue weighted by molar-refractivity contribution is 9.10. The van der Waals surface area contributed by atoms with E-state index in [1.165, 1.54) is 31.5 Å². The minimum atomic E-state index is 0.780. The van der Waals surface area contributed by atoms with Crippen LogP contribution in [-0.4, -0.2) is 37.7 Å². The van der Waals surface area contributed by atoms with Crippen LogP contribution in [0, 0.1) is 0 Å². The summed E-state index contributed by atoms with van der Waals surface area (Å²) in [5.41, 5.74) is 1.25. The van der Waals surface area contributed by atoms with Gasteiger partial charge in [-0.1, -0.05) is 22.9 Å². The van der Waals surface area contributed by atoms with Crippen molar-refractivity contribution in [3.63, 3.8) is 0 Å². The monoisotopic (exact) mass is 326 g/mol. The van der Waals surface area contributed by atoms with Gasteiger partial charge in [-0.05, 0) is 56.2 Å². The van der Waals surface area contributed by atoms with Crippen LogP contribution in [0.25, 0.3) is 0 Å². The molecule has 106 valence electrons. The van der Waals surface area contributed by atoms with E-state index in [1.807, 2.05) is 6.07 Å². The van der Waals surface area contributed by atoms with Gasteiger partial charge in [0.2, 0.25) is 0 Å². The standard InChI is InChI=1S/C15H23BrN2O/c1-2-17-12-13-11-14(5-6-15(13)16)19-10-9-18-7-3-4-8-18/h5-6,11,17H,2-4,7-10,12H2,1H3. The Bertz CT molecular complexity index is 392. The van der Waals surface area contributed by atoms with Gasteiger partial charge in [-0.25, -0.2) is 0 Å². The Labute approximate surface area is 124 Å². The Balaban J connectivity index is 1.81. The molecule has 0 radical (unpaired) electrons. The Morgan fingerprint density at radius 2 is 2.11 bits per heavy atom. The maximum Gasteiger partial charge on any atom is 0.119 e. The van der Waals surface area contributed by atoms with E-state index in [9.17, 15) is 0 Å². The third-order valence-corrected chi connectivity index (χ3v) is 4.23. The zero-order valence-corrected chi connectivity index (χ0v) is 13.2. The highest BCUT2D eigenvalue weighted by atomic mass is 79.9. The molecule has 1 saturated heterocycles. The van der Waals surface area contributed by atoms with E-state index in [2.05, 4.69) is 45.2 Å². The number of nitrogens with zero attached hydrogens (tertiary/aromatic N) is 1. The van der Waals surface area contributed by atoms with Crippen molar-refractivity contribution >= 4 is 15.9 Å². The summed E-state index contributed by atoms with van der Waals surface area (Å²) in [6, 6.07) is 6.22. The van der Waals surface area contributed by atoms with Crippen LogP contribution in [0.4, 0.5) is 0 Å². The second kappa shape index (κ2) is 7.88. The van der Waals surface area contributed by atoms with Crippen LogP contribution in [0.5, 0.6) is 5.75 Å². The lowest BCUT2D eigenvalue weighted by Crippen LogP contribution is -2.25. The van der Waals surface area contributed by atoms with Crippen LogP contribution in [-0.2, 0) is 6.54 Å². The van der Waals surface area contributed by atoms with Gasteiger partial charge in [0.05, 0.1) is 0 Å². The topological polar surface area (TPSA) is 24.5 Å². The lowest BCUT2D eigenvalue weighted by atomic mass is 10.2. The number of rotatable bonds is 7. The fourth-order valence-corrected chi connectivity index (χ4v) is 2.72. The third-order valence-electron chi connectivity index (χ3n) is 3.46. The van der Waals surface area contributed by atoms with Crippen molar-refractivity contribution in [2.75, 3.05) is 32.8 Å². The molecule has 1 heterocycles. The average molecular weight is 327 g/mol. The molecule has 0 amide bonds. The number of ether oxygens (including phenoxy) is 1. The minimum Gasteiger partial charge on any atom is -0.492 e. The Hall–Kier alpha value is -0.580. The molecule has 0 aliphatic carbocycles. The molecule has 4 heteroatoms. The van der Waals surface area contributed by atoms with E-state index in [0.29, 0.717) is 0 Å². The van der Waals surface area contributed by atoms with Gasteiger partial charge in [-0.3, -0.25) is 4.90 Å². The van der Waals surface area contributed by atoms with Crippen LogP contribution in [0.3, 0.4) is 0 Å². The fraction of sp³-hybridized carbons (Fsp3) is 0.600. The minimum absolute atomic E-state index is 0.780. The number of nitrogens with one attached hydrogen (secondary N) is 1. The lowest BCUT2D eigenvalue weighted by Gasteiger charge is -2.15. The zero-order chi connectivity index (χ0) is 13.5. The Morgan fingerprint density at radius 3 is 2.84 bits per heavy atom. The van der Waals surface area contributed by atoms with Gasteiger partial charge < -0.3 is 10.1 Å². The van der Waals surface area contributed by atoms with Crippen molar-refractivity contribution in [3.8, 4) is 5.75 Å². The molecule has 1 aliphatic rings. The molecule has 1 aromatic carbocycles. The lowest BCUT2D eigenvalue weighted by molar-refractivity contribution is 0.237. The van der Waals surface area contributed by atoms with Crippen LogP contribution in [0.2, 0.25) is 0 Å². The first-order valence-corrected chi connectivity index (χ1v) is 7.93. The van der Waals surface area contributed by atoms with Gasteiger partial charge >= 0.3 is 0 Å². The predicted molar refractivity (Wildman–Crippen MR) is 82.7 cm³/mol. The van der Waals surface area contributed by atoms with Crippen molar-refractivity contribution < 1.29 is 4.74 Å². The molecular formula is C15H23BrN2O. The summed E-state index contributed by atoms with van der Waals surface area (Å²) in [6.07, 6.45) is 2.68. The van der Waals surface area contributed by atoms with Gasteiger partial charge in [0.15, 0.2) is 0 Å². The van der Waals surface area contributed by atoms with E-state index in [4.69, 9.17) is 4.74 Å². The fourth-order valence-electron chi connectivity index (χ4n) is 2.33. The van der Waals surface area contributed by atoms with E-state index in [1.54, 1.807) is 0 Å². The maximum absolute atomic E-state index is 5.85. The molecule has 0 atom stereocenters. The van der Waals surface area contributed by atoms with Crippen molar-refractivity contribution in [1.29, 1.82) is 0 Å². The molecule has 0 unspecified atom stereocenters. The Kier molecular flexibility index (Phi) is 6.14. The van der Waals surface area contributed by atoms with E-state index in [0.717, 1.165) is 36.5 Å². The molecule has 0 bridgehead atoms. The second-order valence-corrected chi connectivity index (χ2v) is 5.79. The number of benzene rings is 1. The van der Waals surface area contributed by atoms with Crippen LogP contribution >= 0.6 is 15.9 Å². The average Bonchev–Trinajstić information content (AvgIpc) is 2.92. The molecule has 0 saturated carbocycles. The normalized spacial score (nSPS) is 15.9. The highest BCUT2D eigenvalue weighted by Crippen LogP contribution is 2.22. The first kappa shape index (κ1) is 14.8. The highest BCUT2D eigenvalue weighted by Gasteiger charge is 2.11. The molecule has 1 aromatic rings. The molecule has 0 aromatic heterocycles. The summed E-state index contributed by atoms with van der Waals surface area (Å²) in [4.78, 5) is 2.47. The first-order chi connectivity index (χ1) is 9.29. The summed E-state index contributed by atoms with van der Waals surface area (Å²) in [6.45, 7) is 8.25. The largest absolute Gasteiger partial charge is 0.492 e. The van der Waals surface area contributed by atoms with E-state index >= 15 is 0 Å². The quantitative estimate of drug-likeness (QED) is 0.833. The summed E-state index contributed by atoms with van der Waals surface area (Å²) < 4.78 is 6.99. The number of hydrogen-bond acceptors (Lipinski definition) is 3. The molecular weight excluding hydrogens is 304 g/mol. The predicted octanol–water partition coefficient (Wildman–Crippen LogP) is 3.03. The Morgan fingerprint density at radius 1 is 1.32 bits per heavy atom. The van der Waals surface area contributed by atoms with Gasteiger partial charge in [0.25, 0.3) is 0 Å². The molecule has 1 N–H and O–H groups in total. The molecule has 0 spiro atoms. The van der Waals surface area contributed by atoms with Crippen molar-refractivity contribution in [1.82, 2.24) is 10.2 Å². The van der Waals surface area contributed by atoms with E-state index in [-0.39, 0.29) is 0 Å². The zero-order valence-electron chi connectivity index (χ0n) is 11.6. The van der Waals surface area contributed by atoms with Gasteiger partial charge in [0, 0.05) is 17.6 Å². The summed E-state index contributed by atoms with van der Waals surface area (Å²) in [7, 11) is 0. The van der Waals surface area contributed by atoms with Gasteiger partial charge in [-0.15, -0.1) is 0 Å².